The van der Waals surface area contributed by atoms with E-state index in [1.807, 2.05) is 0 Å². The number of hydrogen-bond donors (Lipinski definition) is 1. The fourth-order valence-electron chi connectivity index (χ4n) is 1.30. The summed E-state index contributed by atoms with van der Waals surface area (Å²) >= 11 is 1.39. The molecule has 5 heteroatoms. The van der Waals surface area contributed by atoms with Crippen LogP contribution in [0.25, 0.3) is 0 Å². The molecule has 2 N–H and O–H groups in total. The van der Waals surface area contributed by atoms with Crippen molar-refractivity contribution in [3.05, 3.63) is 52.0 Å². The highest BCUT2D eigenvalue weighted by atomic mass is 32.1. The number of aromatic nitrogens is 1. The monoisotopic (exact) mass is 226 g/mol. The van der Waals surface area contributed by atoms with E-state index in [0.717, 1.165) is 6.07 Å². The van der Waals surface area contributed by atoms with Crippen molar-refractivity contribution in [3.63, 3.8) is 0 Å². The Bertz CT molecular complexity index is 436. The van der Waals surface area contributed by atoms with Gasteiger partial charge < -0.3 is 5.73 Å². The summed E-state index contributed by atoms with van der Waals surface area (Å²) in [7, 11) is 0. The minimum Gasteiger partial charge on any atom is -0.319 e. The van der Waals surface area contributed by atoms with Gasteiger partial charge in [0.2, 0.25) is 0 Å². The van der Waals surface area contributed by atoms with Crippen LogP contribution >= 0.6 is 11.3 Å². The largest absolute Gasteiger partial charge is 0.319 e. The molecule has 1 aromatic heterocycles. The highest BCUT2D eigenvalue weighted by Crippen LogP contribution is 2.20. The summed E-state index contributed by atoms with van der Waals surface area (Å²) in [6.07, 6.45) is 0. The second-order valence-corrected chi connectivity index (χ2v) is 3.81. The molecule has 1 heterocycles. The second kappa shape index (κ2) is 4.04. The van der Waals surface area contributed by atoms with Gasteiger partial charge in [-0.25, -0.2) is 13.8 Å². The Morgan fingerprint density at radius 1 is 1.20 bits per heavy atom. The summed E-state index contributed by atoms with van der Waals surface area (Å²) in [6.45, 7) is 0. The first kappa shape index (κ1) is 10.2. The smallest absolute Gasteiger partial charge is 0.126 e. The van der Waals surface area contributed by atoms with Gasteiger partial charge in [-0.05, 0) is 17.7 Å². The number of hydrogen-bond acceptors (Lipinski definition) is 3. The van der Waals surface area contributed by atoms with Crippen molar-refractivity contribution in [2.75, 3.05) is 0 Å². The highest BCUT2D eigenvalue weighted by molar-refractivity contribution is 7.07. The van der Waals surface area contributed by atoms with Gasteiger partial charge in [-0.1, -0.05) is 0 Å². The van der Waals surface area contributed by atoms with Crippen molar-refractivity contribution >= 4 is 11.3 Å². The molecular formula is C10H8F2N2S. The lowest BCUT2D eigenvalue weighted by atomic mass is 10.1. The van der Waals surface area contributed by atoms with Crippen LogP contribution in [0.2, 0.25) is 0 Å². The van der Waals surface area contributed by atoms with E-state index in [1.54, 1.807) is 10.9 Å². The van der Waals surface area contributed by atoms with Gasteiger partial charge in [0, 0.05) is 11.4 Å². The third-order valence-electron chi connectivity index (χ3n) is 2.01. The van der Waals surface area contributed by atoms with Crippen LogP contribution in [0.15, 0.2) is 29.1 Å². The Labute approximate surface area is 89.4 Å². The summed E-state index contributed by atoms with van der Waals surface area (Å²) in [5, 5.41) is 1.76. The summed E-state index contributed by atoms with van der Waals surface area (Å²) in [6, 6.07) is 2.67. The van der Waals surface area contributed by atoms with Crippen LogP contribution in [0.5, 0.6) is 0 Å². The van der Waals surface area contributed by atoms with E-state index >= 15 is 0 Å². The summed E-state index contributed by atoms with van der Waals surface area (Å²) < 4.78 is 25.8. The molecule has 0 amide bonds. The lowest BCUT2D eigenvalue weighted by molar-refractivity contribution is 0.577. The standard InChI is InChI=1S/C10H8F2N2S/c11-7-1-6(2-8(12)3-7)10(13)9-4-15-5-14-9/h1-5,10H,13H2. The Morgan fingerprint density at radius 3 is 2.40 bits per heavy atom. The number of thiazole rings is 1. The fraction of sp³-hybridized carbons (Fsp3) is 0.100. The zero-order valence-corrected chi connectivity index (χ0v) is 8.47. The maximum Gasteiger partial charge on any atom is 0.126 e. The molecule has 0 radical (unpaired) electrons. The van der Waals surface area contributed by atoms with Crippen LogP contribution in [-0.2, 0) is 0 Å². The minimum absolute atomic E-state index is 0.387. The predicted octanol–water partition coefficient (Wildman–Crippen LogP) is 2.47. The zero-order chi connectivity index (χ0) is 10.8. The molecule has 0 spiro atoms. The Hall–Kier alpha value is -1.33. The topological polar surface area (TPSA) is 38.9 Å². The predicted molar refractivity (Wildman–Crippen MR) is 54.5 cm³/mol. The molecule has 0 saturated carbocycles. The number of nitrogens with zero attached hydrogens (tertiary/aromatic N) is 1. The fourth-order valence-corrected chi connectivity index (χ4v) is 1.89. The van der Waals surface area contributed by atoms with E-state index in [9.17, 15) is 8.78 Å². The lowest BCUT2D eigenvalue weighted by Gasteiger charge is -2.09. The molecule has 2 aromatic rings. The molecule has 0 bridgehead atoms. The summed E-state index contributed by atoms with van der Waals surface area (Å²) in [5.41, 5.74) is 8.44. The van der Waals surface area contributed by atoms with E-state index in [1.165, 1.54) is 23.5 Å². The Balaban J connectivity index is 2.37. The normalized spacial score (nSPS) is 12.7. The van der Waals surface area contributed by atoms with E-state index in [-0.39, 0.29) is 0 Å². The van der Waals surface area contributed by atoms with E-state index in [4.69, 9.17) is 5.73 Å². The van der Waals surface area contributed by atoms with Crippen LogP contribution in [0.1, 0.15) is 17.3 Å². The first-order chi connectivity index (χ1) is 7.16. The molecule has 0 fully saturated rings. The van der Waals surface area contributed by atoms with Crippen molar-refractivity contribution in [2.24, 2.45) is 5.73 Å². The van der Waals surface area contributed by atoms with Gasteiger partial charge in [0.25, 0.3) is 0 Å². The third kappa shape index (κ3) is 2.19. The van der Waals surface area contributed by atoms with Gasteiger partial charge in [0.05, 0.1) is 17.2 Å². The first-order valence-electron chi connectivity index (χ1n) is 4.26. The van der Waals surface area contributed by atoms with Crippen LogP contribution < -0.4 is 5.73 Å². The molecule has 1 aromatic carbocycles. The van der Waals surface area contributed by atoms with Gasteiger partial charge in [-0.15, -0.1) is 11.3 Å². The van der Waals surface area contributed by atoms with E-state index < -0.39 is 17.7 Å². The van der Waals surface area contributed by atoms with E-state index in [2.05, 4.69) is 4.98 Å². The Morgan fingerprint density at radius 2 is 1.87 bits per heavy atom. The maximum absolute atomic E-state index is 12.9. The van der Waals surface area contributed by atoms with Crippen molar-refractivity contribution in [1.82, 2.24) is 4.98 Å². The van der Waals surface area contributed by atoms with Crippen LogP contribution in [0.4, 0.5) is 8.78 Å². The van der Waals surface area contributed by atoms with Gasteiger partial charge in [-0.3, -0.25) is 0 Å². The molecule has 78 valence electrons. The molecule has 1 unspecified atom stereocenters. The van der Waals surface area contributed by atoms with E-state index in [0.29, 0.717) is 11.3 Å². The van der Waals surface area contributed by atoms with Crippen molar-refractivity contribution in [3.8, 4) is 0 Å². The highest BCUT2D eigenvalue weighted by Gasteiger charge is 2.12. The number of benzene rings is 1. The summed E-state index contributed by atoms with van der Waals surface area (Å²) in [5.74, 6) is -1.26. The molecular weight excluding hydrogens is 218 g/mol. The van der Waals surface area contributed by atoms with Crippen molar-refractivity contribution in [2.45, 2.75) is 6.04 Å². The minimum atomic E-state index is -0.629. The average Bonchev–Trinajstić information content (AvgIpc) is 2.67. The third-order valence-corrected chi connectivity index (χ3v) is 2.62. The molecule has 15 heavy (non-hydrogen) atoms. The SMILES string of the molecule is NC(c1cc(F)cc(F)c1)c1cscn1. The molecule has 0 aliphatic rings. The van der Waals surface area contributed by atoms with Crippen LogP contribution in [0.3, 0.4) is 0 Å². The molecule has 0 saturated heterocycles. The maximum atomic E-state index is 12.9. The number of halogens is 2. The van der Waals surface area contributed by atoms with Crippen molar-refractivity contribution < 1.29 is 8.78 Å². The molecule has 0 aliphatic carbocycles. The van der Waals surface area contributed by atoms with Gasteiger partial charge in [0.15, 0.2) is 0 Å². The quantitative estimate of drug-likeness (QED) is 0.854. The van der Waals surface area contributed by atoms with Gasteiger partial charge >= 0.3 is 0 Å². The molecule has 2 nitrogen and oxygen atoms in total. The lowest BCUT2D eigenvalue weighted by Crippen LogP contribution is -2.12. The average molecular weight is 226 g/mol. The number of nitrogens with two attached hydrogens (primary N) is 1. The first-order valence-corrected chi connectivity index (χ1v) is 5.21. The molecule has 0 aliphatic heterocycles. The number of rotatable bonds is 2. The molecule has 2 rings (SSSR count). The Kier molecular flexibility index (Phi) is 2.75. The van der Waals surface area contributed by atoms with Crippen molar-refractivity contribution in [1.29, 1.82) is 0 Å². The van der Waals surface area contributed by atoms with Gasteiger partial charge in [0.1, 0.15) is 11.6 Å². The second-order valence-electron chi connectivity index (χ2n) is 3.09. The zero-order valence-electron chi connectivity index (χ0n) is 7.65. The molecule has 1 atom stereocenters. The van der Waals surface area contributed by atoms with Crippen LogP contribution in [-0.4, -0.2) is 4.98 Å². The summed E-state index contributed by atoms with van der Waals surface area (Å²) in [4.78, 5) is 4.00. The van der Waals surface area contributed by atoms with Crippen LogP contribution in [0, 0.1) is 11.6 Å². The van der Waals surface area contributed by atoms with Gasteiger partial charge in [-0.2, -0.15) is 0 Å².